The lowest BCUT2D eigenvalue weighted by Gasteiger charge is -2.09. The number of amides is 1. The summed E-state index contributed by atoms with van der Waals surface area (Å²) in [4.78, 5) is 12.0. The normalized spacial score (nSPS) is 16.2. The molecule has 1 aliphatic rings. The van der Waals surface area contributed by atoms with Gasteiger partial charge >= 0.3 is 0 Å². The number of carbonyl (C=O) groups excluding carboxylic acids is 1. The van der Waals surface area contributed by atoms with Crippen molar-refractivity contribution in [3.05, 3.63) is 65.7 Å². The molecule has 0 unspecified atom stereocenters. The molecule has 0 bridgehead atoms. The van der Waals surface area contributed by atoms with Crippen molar-refractivity contribution in [3.8, 4) is 5.75 Å². The van der Waals surface area contributed by atoms with Crippen LogP contribution in [-0.4, -0.2) is 34.2 Å². The van der Waals surface area contributed by atoms with E-state index >= 15 is 0 Å². The zero-order valence-electron chi connectivity index (χ0n) is 13.0. The predicted octanol–water partition coefficient (Wildman–Crippen LogP) is 1.78. The molecule has 0 aliphatic carbocycles. The van der Waals surface area contributed by atoms with E-state index in [1.165, 1.54) is 55.6 Å². The van der Waals surface area contributed by atoms with Gasteiger partial charge < -0.3 is 4.74 Å². The Hall–Kier alpha value is -2.65. The Labute approximate surface area is 145 Å². The minimum absolute atomic E-state index is 0.00833. The van der Waals surface area contributed by atoms with Crippen LogP contribution in [0.4, 0.5) is 0 Å². The summed E-state index contributed by atoms with van der Waals surface area (Å²) in [5.74, 6) is -0.313. The summed E-state index contributed by atoms with van der Waals surface area (Å²) >= 11 is 0. The van der Waals surface area contributed by atoms with E-state index in [1.54, 1.807) is 0 Å². The zero-order chi connectivity index (χ0) is 18.2. The van der Waals surface area contributed by atoms with E-state index in [2.05, 4.69) is 0 Å². The van der Waals surface area contributed by atoms with E-state index in [9.17, 15) is 21.6 Å². The molecule has 0 fully saturated rings. The molecule has 0 radical (unpaired) electrons. The summed E-state index contributed by atoms with van der Waals surface area (Å²) < 4.78 is 54.8. The first kappa shape index (κ1) is 17.2. The molecule has 0 N–H and O–H groups in total. The molecular weight excluding hydrogens is 366 g/mol. The highest BCUT2D eigenvalue weighted by molar-refractivity contribution is 7.94. The van der Waals surface area contributed by atoms with Crippen molar-refractivity contribution in [2.45, 2.75) is 9.79 Å². The average Bonchev–Trinajstić information content (AvgIpc) is 2.80. The summed E-state index contributed by atoms with van der Waals surface area (Å²) in [7, 11) is -6.58. The third-order valence-corrected chi connectivity index (χ3v) is 6.74. The standard InChI is InChI=1S/C16H13NO6S2/c1-23-12-6-8-13(9-7-12)24(19,20)11-10-17-16(18)14-4-2-3-5-15(14)25(17,21)22/h2-11H,1H3. The van der Waals surface area contributed by atoms with Crippen LogP contribution in [-0.2, 0) is 19.9 Å². The summed E-state index contributed by atoms with van der Waals surface area (Å²) in [5.41, 5.74) is 0.00833. The third kappa shape index (κ3) is 2.92. The lowest BCUT2D eigenvalue weighted by Crippen LogP contribution is -2.24. The number of nitrogens with zero attached hydrogens (tertiary/aromatic N) is 1. The molecule has 1 aliphatic heterocycles. The second-order valence-electron chi connectivity index (χ2n) is 5.11. The predicted molar refractivity (Wildman–Crippen MR) is 89.1 cm³/mol. The largest absolute Gasteiger partial charge is 0.497 e. The second kappa shape index (κ2) is 6.01. The van der Waals surface area contributed by atoms with Crippen molar-refractivity contribution in [1.82, 2.24) is 4.31 Å². The van der Waals surface area contributed by atoms with Gasteiger partial charge in [0, 0.05) is 6.20 Å². The third-order valence-electron chi connectivity index (χ3n) is 3.62. The molecule has 130 valence electrons. The monoisotopic (exact) mass is 379 g/mol. The summed E-state index contributed by atoms with van der Waals surface area (Å²) in [6, 6.07) is 11.3. The fourth-order valence-electron chi connectivity index (χ4n) is 2.33. The van der Waals surface area contributed by atoms with Crippen molar-refractivity contribution >= 4 is 25.8 Å². The van der Waals surface area contributed by atoms with Gasteiger partial charge in [-0.1, -0.05) is 12.1 Å². The number of carbonyl (C=O) groups is 1. The first-order chi connectivity index (χ1) is 11.8. The summed E-state index contributed by atoms with van der Waals surface area (Å²) in [6.07, 6.45) is 0.761. The van der Waals surface area contributed by atoms with Gasteiger partial charge in [0.25, 0.3) is 15.9 Å². The first-order valence-electron chi connectivity index (χ1n) is 7.02. The SMILES string of the molecule is COc1ccc(S(=O)(=O)C=CN2C(=O)c3ccccc3S2(=O)=O)cc1. The lowest BCUT2D eigenvalue weighted by molar-refractivity contribution is 0.0906. The molecule has 0 atom stereocenters. The van der Waals surface area contributed by atoms with Gasteiger partial charge in [0.05, 0.1) is 23.0 Å². The van der Waals surface area contributed by atoms with E-state index < -0.39 is 25.8 Å². The molecule has 0 saturated carbocycles. The van der Waals surface area contributed by atoms with Crippen LogP contribution in [0.3, 0.4) is 0 Å². The molecule has 0 aromatic heterocycles. The minimum atomic E-state index is -4.10. The van der Waals surface area contributed by atoms with E-state index in [4.69, 9.17) is 4.74 Å². The van der Waals surface area contributed by atoms with Crippen molar-refractivity contribution in [2.24, 2.45) is 0 Å². The Morgan fingerprint density at radius 3 is 2.28 bits per heavy atom. The van der Waals surface area contributed by atoms with Crippen molar-refractivity contribution < 1.29 is 26.4 Å². The van der Waals surface area contributed by atoms with E-state index in [1.807, 2.05) is 0 Å². The highest BCUT2D eigenvalue weighted by atomic mass is 32.2. The molecule has 1 heterocycles. The summed E-state index contributed by atoms with van der Waals surface area (Å²) in [5, 5.41) is 0.691. The van der Waals surface area contributed by atoms with Gasteiger partial charge in [-0.3, -0.25) is 4.79 Å². The van der Waals surface area contributed by atoms with Gasteiger partial charge in [0.1, 0.15) is 10.6 Å². The highest BCUT2D eigenvalue weighted by Crippen LogP contribution is 2.30. The van der Waals surface area contributed by atoms with E-state index in [0.29, 0.717) is 15.5 Å². The Morgan fingerprint density at radius 2 is 1.68 bits per heavy atom. The number of ether oxygens (including phenoxy) is 1. The Kier molecular flexibility index (Phi) is 4.13. The van der Waals surface area contributed by atoms with Crippen molar-refractivity contribution in [1.29, 1.82) is 0 Å². The topological polar surface area (TPSA) is 97.8 Å². The molecular formula is C16H13NO6S2. The van der Waals surface area contributed by atoms with Gasteiger partial charge in [-0.15, -0.1) is 0 Å². The van der Waals surface area contributed by atoms with E-state index in [0.717, 1.165) is 6.20 Å². The minimum Gasteiger partial charge on any atom is -0.497 e. The maximum absolute atomic E-state index is 12.4. The Bertz CT molecular complexity index is 1070. The summed E-state index contributed by atoms with van der Waals surface area (Å²) in [6.45, 7) is 0. The average molecular weight is 379 g/mol. The number of hydrogen-bond acceptors (Lipinski definition) is 6. The van der Waals surface area contributed by atoms with Crippen LogP contribution in [0.5, 0.6) is 5.75 Å². The number of fused-ring (bicyclic) bond motifs is 1. The number of benzene rings is 2. The van der Waals surface area contributed by atoms with Gasteiger partial charge in [-0.25, -0.2) is 21.1 Å². The van der Waals surface area contributed by atoms with Crippen LogP contribution >= 0.6 is 0 Å². The van der Waals surface area contributed by atoms with Gasteiger partial charge in [0.15, 0.2) is 0 Å². The van der Waals surface area contributed by atoms with Crippen molar-refractivity contribution in [3.63, 3.8) is 0 Å². The molecule has 25 heavy (non-hydrogen) atoms. The van der Waals surface area contributed by atoms with Crippen LogP contribution < -0.4 is 4.74 Å². The Morgan fingerprint density at radius 1 is 1.04 bits per heavy atom. The molecule has 1 amide bonds. The molecule has 2 aromatic carbocycles. The fourth-order valence-corrected chi connectivity index (χ4v) is 4.79. The number of hydrogen-bond donors (Lipinski definition) is 0. The number of methoxy groups -OCH3 is 1. The second-order valence-corrected chi connectivity index (χ2v) is 8.72. The molecule has 9 heteroatoms. The van der Waals surface area contributed by atoms with Gasteiger partial charge in [-0.2, -0.15) is 0 Å². The number of sulfonamides is 1. The van der Waals surface area contributed by atoms with Crippen molar-refractivity contribution in [2.75, 3.05) is 7.11 Å². The van der Waals surface area contributed by atoms with Gasteiger partial charge in [-0.05, 0) is 36.4 Å². The van der Waals surface area contributed by atoms with Crippen LogP contribution in [0.1, 0.15) is 10.4 Å². The molecule has 7 nitrogen and oxygen atoms in total. The maximum Gasteiger partial charge on any atom is 0.273 e. The quantitative estimate of drug-likeness (QED) is 0.803. The van der Waals surface area contributed by atoms with Crippen LogP contribution in [0.25, 0.3) is 0 Å². The molecule has 0 saturated heterocycles. The molecule has 3 rings (SSSR count). The maximum atomic E-state index is 12.4. The van der Waals surface area contributed by atoms with Crippen LogP contribution in [0.2, 0.25) is 0 Å². The highest BCUT2D eigenvalue weighted by Gasteiger charge is 2.39. The molecule has 0 spiro atoms. The smallest absolute Gasteiger partial charge is 0.273 e. The zero-order valence-corrected chi connectivity index (χ0v) is 14.6. The van der Waals surface area contributed by atoms with Crippen LogP contribution in [0, 0.1) is 0 Å². The van der Waals surface area contributed by atoms with Gasteiger partial charge in [0.2, 0.25) is 9.84 Å². The first-order valence-corrected chi connectivity index (χ1v) is 10.0. The number of rotatable bonds is 4. The molecule has 2 aromatic rings. The Balaban J connectivity index is 1.95. The van der Waals surface area contributed by atoms with Crippen LogP contribution in [0.15, 0.2) is 69.9 Å². The van der Waals surface area contributed by atoms with E-state index in [-0.39, 0.29) is 15.4 Å². The fraction of sp³-hybridized carbons (Fsp3) is 0.0625. The lowest BCUT2D eigenvalue weighted by atomic mass is 10.2. The number of sulfone groups is 1.